The highest BCUT2D eigenvalue weighted by Crippen LogP contribution is 2.33. The van der Waals surface area contributed by atoms with Crippen LogP contribution < -0.4 is 10.1 Å². The van der Waals surface area contributed by atoms with Crippen molar-refractivity contribution in [3.05, 3.63) is 53.5 Å². The van der Waals surface area contributed by atoms with Crippen molar-refractivity contribution in [2.75, 3.05) is 19.0 Å². The largest absolute Gasteiger partial charge is 0.480 e. The molecule has 1 aliphatic rings. The summed E-state index contributed by atoms with van der Waals surface area (Å²) in [5.74, 6) is 0.521. The van der Waals surface area contributed by atoms with Gasteiger partial charge in [-0.15, -0.1) is 0 Å². The Bertz CT molecular complexity index is 1210. The van der Waals surface area contributed by atoms with E-state index in [0.29, 0.717) is 18.8 Å². The fourth-order valence-electron chi connectivity index (χ4n) is 3.84. The zero-order valence-electron chi connectivity index (χ0n) is 16.2. The third kappa shape index (κ3) is 3.49. The molecular formula is C21H20BrN5O3. The standard InChI is InChI=1S/C21H20BrN5O3/c1-29-21-15-4-5-27(20(15)25-11-26-21)19-8-17(28)18(30-19)10-23-14-3-2-12-6-13(22)9-24-16(12)7-14/h2-7,9,11,17-19,23,28H,8,10H2,1H3/t17-,18+,19+/m0/s1. The van der Waals surface area contributed by atoms with Gasteiger partial charge in [-0.2, -0.15) is 0 Å². The monoisotopic (exact) mass is 469 g/mol. The van der Waals surface area contributed by atoms with Crippen LogP contribution in [0.1, 0.15) is 12.6 Å². The molecule has 3 aromatic heterocycles. The van der Waals surface area contributed by atoms with E-state index in [-0.39, 0.29) is 12.3 Å². The van der Waals surface area contributed by atoms with Crippen molar-refractivity contribution >= 4 is 43.6 Å². The second-order valence-electron chi connectivity index (χ2n) is 7.22. The molecule has 30 heavy (non-hydrogen) atoms. The van der Waals surface area contributed by atoms with Crippen LogP contribution in [0.4, 0.5) is 5.69 Å². The average molecular weight is 470 g/mol. The summed E-state index contributed by atoms with van der Waals surface area (Å²) in [4.78, 5) is 12.9. The van der Waals surface area contributed by atoms with Crippen molar-refractivity contribution in [3.8, 4) is 5.88 Å². The Kier molecular flexibility index (Phi) is 5.01. The van der Waals surface area contributed by atoms with Crippen molar-refractivity contribution < 1.29 is 14.6 Å². The van der Waals surface area contributed by atoms with Gasteiger partial charge in [0.2, 0.25) is 5.88 Å². The summed E-state index contributed by atoms with van der Waals surface area (Å²) in [6.45, 7) is 0.483. The Hall–Kier alpha value is -2.75. The van der Waals surface area contributed by atoms with Gasteiger partial charge in [-0.25, -0.2) is 9.97 Å². The molecule has 0 bridgehead atoms. The molecule has 4 aromatic rings. The smallest absolute Gasteiger partial charge is 0.225 e. The van der Waals surface area contributed by atoms with Crippen molar-refractivity contribution in [2.45, 2.75) is 24.9 Å². The van der Waals surface area contributed by atoms with Gasteiger partial charge in [0.05, 0.1) is 24.1 Å². The van der Waals surface area contributed by atoms with Crippen LogP contribution in [0.3, 0.4) is 0 Å². The maximum atomic E-state index is 10.6. The number of benzene rings is 1. The number of fused-ring (bicyclic) bond motifs is 2. The highest BCUT2D eigenvalue weighted by Gasteiger charge is 2.35. The van der Waals surface area contributed by atoms with Gasteiger partial charge in [0.1, 0.15) is 24.3 Å². The minimum atomic E-state index is -0.585. The third-order valence-corrected chi connectivity index (χ3v) is 5.77. The summed E-state index contributed by atoms with van der Waals surface area (Å²) in [7, 11) is 1.58. The third-order valence-electron chi connectivity index (χ3n) is 5.34. The summed E-state index contributed by atoms with van der Waals surface area (Å²) in [6, 6.07) is 9.93. The number of halogens is 1. The van der Waals surface area contributed by atoms with Crippen LogP contribution in [0.2, 0.25) is 0 Å². The quantitative estimate of drug-likeness (QED) is 0.461. The summed E-state index contributed by atoms with van der Waals surface area (Å²) in [5, 5.41) is 15.8. The zero-order valence-corrected chi connectivity index (χ0v) is 17.8. The second kappa shape index (κ2) is 7.82. The summed E-state index contributed by atoms with van der Waals surface area (Å²) in [6.07, 6.45) is 4.38. The molecule has 0 unspecified atom stereocenters. The zero-order chi connectivity index (χ0) is 20.7. The van der Waals surface area contributed by atoms with Gasteiger partial charge in [-0.1, -0.05) is 6.07 Å². The molecule has 1 aliphatic heterocycles. The average Bonchev–Trinajstić information content (AvgIpc) is 3.35. The van der Waals surface area contributed by atoms with E-state index >= 15 is 0 Å². The first-order chi connectivity index (χ1) is 14.6. The van der Waals surface area contributed by atoms with Crippen molar-refractivity contribution in [3.63, 3.8) is 0 Å². The molecule has 4 heterocycles. The van der Waals surface area contributed by atoms with Gasteiger partial charge >= 0.3 is 0 Å². The normalized spacial score (nSPS) is 21.4. The number of nitrogens with zero attached hydrogens (tertiary/aromatic N) is 4. The van der Waals surface area contributed by atoms with Crippen LogP contribution >= 0.6 is 15.9 Å². The van der Waals surface area contributed by atoms with E-state index in [1.807, 2.05) is 41.1 Å². The maximum absolute atomic E-state index is 10.6. The number of hydrogen-bond acceptors (Lipinski definition) is 7. The van der Waals surface area contributed by atoms with Crippen LogP contribution in [-0.4, -0.2) is 50.5 Å². The number of pyridine rings is 1. The molecule has 3 atom stereocenters. The van der Waals surface area contributed by atoms with Crippen LogP contribution in [0.25, 0.3) is 21.9 Å². The number of rotatable bonds is 5. The van der Waals surface area contributed by atoms with E-state index in [4.69, 9.17) is 9.47 Å². The SMILES string of the molecule is COc1ncnc2c1ccn2[C@H]1C[C@H](O)[C@@H](CNc2ccc3cc(Br)cnc3c2)O1. The second-order valence-corrected chi connectivity index (χ2v) is 8.13. The summed E-state index contributed by atoms with van der Waals surface area (Å²) < 4.78 is 14.3. The first-order valence-corrected chi connectivity index (χ1v) is 10.4. The maximum Gasteiger partial charge on any atom is 0.225 e. The molecular weight excluding hydrogens is 450 g/mol. The van der Waals surface area contributed by atoms with E-state index in [1.54, 1.807) is 13.3 Å². The molecule has 0 spiro atoms. The minimum absolute atomic E-state index is 0.306. The van der Waals surface area contributed by atoms with E-state index in [1.165, 1.54) is 6.33 Å². The Morgan fingerprint density at radius 1 is 1.27 bits per heavy atom. The molecule has 0 aliphatic carbocycles. The number of nitrogens with one attached hydrogen (secondary N) is 1. The van der Waals surface area contributed by atoms with E-state index in [0.717, 1.165) is 32.1 Å². The van der Waals surface area contributed by atoms with Crippen molar-refractivity contribution in [2.24, 2.45) is 0 Å². The van der Waals surface area contributed by atoms with Crippen LogP contribution in [0.5, 0.6) is 5.88 Å². The fourth-order valence-corrected chi connectivity index (χ4v) is 4.18. The number of aromatic nitrogens is 4. The lowest BCUT2D eigenvalue weighted by atomic mass is 10.1. The molecule has 154 valence electrons. The molecule has 1 saturated heterocycles. The molecule has 1 aromatic carbocycles. The Labute approximate surface area is 181 Å². The van der Waals surface area contributed by atoms with Gasteiger partial charge in [-0.3, -0.25) is 4.98 Å². The van der Waals surface area contributed by atoms with Gasteiger partial charge in [0.25, 0.3) is 0 Å². The molecule has 0 amide bonds. The van der Waals surface area contributed by atoms with Gasteiger partial charge in [0, 0.05) is 40.9 Å². The lowest BCUT2D eigenvalue weighted by Gasteiger charge is -2.17. The van der Waals surface area contributed by atoms with Crippen molar-refractivity contribution in [1.82, 2.24) is 19.5 Å². The van der Waals surface area contributed by atoms with E-state index in [9.17, 15) is 5.11 Å². The first kappa shape index (κ1) is 19.2. The van der Waals surface area contributed by atoms with Crippen molar-refractivity contribution in [1.29, 1.82) is 0 Å². The molecule has 1 fully saturated rings. The van der Waals surface area contributed by atoms with Crippen LogP contribution in [-0.2, 0) is 4.74 Å². The minimum Gasteiger partial charge on any atom is -0.480 e. The Morgan fingerprint density at radius 3 is 3.03 bits per heavy atom. The Morgan fingerprint density at radius 2 is 2.17 bits per heavy atom. The molecule has 5 rings (SSSR count). The number of aliphatic hydroxyl groups excluding tert-OH is 1. The lowest BCUT2D eigenvalue weighted by Crippen LogP contribution is -2.29. The number of methoxy groups -OCH3 is 1. The number of aliphatic hydroxyl groups is 1. The molecule has 8 nitrogen and oxygen atoms in total. The van der Waals surface area contributed by atoms with E-state index in [2.05, 4.69) is 36.2 Å². The predicted octanol–water partition coefficient (Wildman–Crippen LogP) is 3.51. The van der Waals surface area contributed by atoms with E-state index < -0.39 is 6.10 Å². The molecule has 2 N–H and O–H groups in total. The van der Waals surface area contributed by atoms with Crippen LogP contribution in [0, 0.1) is 0 Å². The van der Waals surface area contributed by atoms with Gasteiger partial charge in [-0.05, 0) is 40.2 Å². The predicted molar refractivity (Wildman–Crippen MR) is 117 cm³/mol. The number of ether oxygens (including phenoxy) is 2. The molecule has 9 heteroatoms. The summed E-state index contributed by atoms with van der Waals surface area (Å²) >= 11 is 3.44. The van der Waals surface area contributed by atoms with Gasteiger partial charge < -0.3 is 24.5 Å². The van der Waals surface area contributed by atoms with Crippen LogP contribution in [0.15, 0.2) is 53.5 Å². The first-order valence-electron chi connectivity index (χ1n) is 9.60. The lowest BCUT2D eigenvalue weighted by molar-refractivity contribution is -0.00912. The topological polar surface area (TPSA) is 94.3 Å². The molecule has 0 radical (unpaired) electrons. The Balaban J connectivity index is 1.30. The highest BCUT2D eigenvalue weighted by atomic mass is 79.9. The highest BCUT2D eigenvalue weighted by molar-refractivity contribution is 9.10. The fraction of sp³-hybridized carbons (Fsp3) is 0.286. The van der Waals surface area contributed by atoms with Gasteiger partial charge in [0.15, 0.2) is 0 Å². The number of anilines is 1. The summed E-state index contributed by atoms with van der Waals surface area (Å²) in [5.41, 5.74) is 2.56. The number of hydrogen-bond donors (Lipinski definition) is 2. The molecule has 0 saturated carbocycles.